The van der Waals surface area contributed by atoms with Crippen molar-refractivity contribution in [2.75, 3.05) is 13.1 Å². The van der Waals surface area contributed by atoms with Gasteiger partial charge in [0.05, 0.1) is 6.54 Å². The van der Waals surface area contributed by atoms with Gasteiger partial charge in [0.2, 0.25) is 5.89 Å². The molecule has 5 nitrogen and oxygen atoms in total. The second kappa shape index (κ2) is 7.38. The normalized spacial score (nSPS) is 20.7. The number of likely N-dealkylation sites (tertiary alicyclic amines) is 1. The summed E-state index contributed by atoms with van der Waals surface area (Å²) in [6.07, 6.45) is 4.84. The lowest BCUT2D eigenvalue weighted by molar-refractivity contribution is 0.118. The standard InChI is InChI=1S/C14H26N4O.ClH/c1-14(2,3)13-16-12(19-17-13)10-18-9-5-4-6-11(18)7-8-15;/h11H,4-10,15H2,1-3H3;1H. The minimum Gasteiger partial charge on any atom is -0.338 e. The molecule has 0 aromatic carbocycles. The van der Waals surface area contributed by atoms with Crippen LogP contribution in [0.2, 0.25) is 0 Å². The Morgan fingerprint density at radius 1 is 1.35 bits per heavy atom. The maximum atomic E-state index is 5.70. The largest absolute Gasteiger partial charge is 0.338 e. The molecule has 0 bridgehead atoms. The molecule has 1 atom stereocenters. The highest BCUT2D eigenvalue weighted by molar-refractivity contribution is 5.85. The Bertz CT molecular complexity index is 400. The first-order valence-corrected chi connectivity index (χ1v) is 7.28. The van der Waals surface area contributed by atoms with E-state index in [-0.39, 0.29) is 17.8 Å². The van der Waals surface area contributed by atoms with Crippen molar-refractivity contribution in [3.63, 3.8) is 0 Å². The van der Waals surface area contributed by atoms with E-state index in [2.05, 4.69) is 35.8 Å². The number of nitrogens with two attached hydrogens (primary N) is 1. The molecule has 0 spiro atoms. The molecule has 1 fully saturated rings. The smallest absolute Gasteiger partial charge is 0.240 e. The molecule has 1 aliphatic rings. The van der Waals surface area contributed by atoms with Gasteiger partial charge in [-0.05, 0) is 32.4 Å². The lowest BCUT2D eigenvalue weighted by Crippen LogP contribution is -2.40. The van der Waals surface area contributed by atoms with E-state index in [1.54, 1.807) is 0 Å². The van der Waals surface area contributed by atoms with Crippen molar-refractivity contribution in [3.05, 3.63) is 11.7 Å². The molecule has 2 heterocycles. The van der Waals surface area contributed by atoms with Gasteiger partial charge in [0.1, 0.15) is 0 Å². The van der Waals surface area contributed by atoms with Gasteiger partial charge in [-0.1, -0.05) is 32.3 Å². The van der Waals surface area contributed by atoms with Crippen molar-refractivity contribution >= 4 is 12.4 Å². The van der Waals surface area contributed by atoms with Crippen LogP contribution in [0, 0.1) is 0 Å². The fraction of sp³-hybridized carbons (Fsp3) is 0.857. The van der Waals surface area contributed by atoms with Crippen LogP contribution in [0.4, 0.5) is 0 Å². The number of nitrogens with zero attached hydrogens (tertiary/aromatic N) is 3. The van der Waals surface area contributed by atoms with Crippen molar-refractivity contribution in [3.8, 4) is 0 Å². The van der Waals surface area contributed by atoms with E-state index < -0.39 is 0 Å². The molecule has 0 amide bonds. The first kappa shape index (κ1) is 17.4. The molecular formula is C14H27ClN4O. The molecule has 6 heteroatoms. The predicted octanol–water partition coefficient (Wildman–Crippen LogP) is 2.49. The Labute approximate surface area is 127 Å². The molecule has 1 unspecified atom stereocenters. The quantitative estimate of drug-likeness (QED) is 0.925. The van der Waals surface area contributed by atoms with Crippen LogP contribution >= 0.6 is 12.4 Å². The summed E-state index contributed by atoms with van der Waals surface area (Å²) < 4.78 is 5.39. The summed E-state index contributed by atoms with van der Waals surface area (Å²) in [5.41, 5.74) is 5.64. The van der Waals surface area contributed by atoms with Gasteiger partial charge in [-0.2, -0.15) is 4.98 Å². The van der Waals surface area contributed by atoms with E-state index >= 15 is 0 Å². The van der Waals surface area contributed by atoms with Crippen LogP contribution in [-0.2, 0) is 12.0 Å². The molecule has 2 N–H and O–H groups in total. The van der Waals surface area contributed by atoms with E-state index in [0.29, 0.717) is 6.04 Å². The van der Waals surface area contributed by atoms with Gasteiger partial charge in [-0.15, -0.1) is 12.4 Å². The van der Waals surface area contributed by atoms with E-state index in [9.17, 15) is 0 Å². The summed E-state index contributed by atoms with van der Waals surface area (Å²) in [5, 5.41) is 4.09. The highest BCUT2D eigenvalue weighted by Crippen LogP contribution is 2.23. The van der Waals surface area contributed by atoms with Crippen molar-refractivity contribution in [2.24, 2.45) is 5.73 Å². The van der Waals surface area contributed by atoms with Crippen LogP contribution in [-0.4, -0.2) is 34.2 Å². The van der Waals surface area contributed by atoms with Gasteiger partial charge in [-0.3, -0.25) is 4.90 Å². The molecule has 1 saturated heterocycles. The summed E-state index contributed by atoms with van der Waals surface area (Å²) in [6.45, 7) is 8.91. The van der Waals surface area contributed by atoms with E-state index in [0.717, 1.165) is 37.8 Å². The molecule has 0 saturated carbocycles. The topological polar surface area (TPSA) is 68.2 Å². The number of piperidine rings is 1. The van der Waals surface area contributed by atoms with Crippen LogP contribution in [0.3, 0.4) is 0 Å². The fourth-order valence-electron chi connectivity index (χ4n) is 2.58. The summed E-state index contributed by atoms with van der Waals surface area (Å²) >= 11 is 0. The van der Waals surface area contributed by atoms with Crippen molar-refractivity contribution in [1.29, 1.82) is 0 Å². The molecule has 0 radical (unpaired) electrons. The second-order valence-corrected chi connectivity index (χ2v) is 6.46. The minimum absolute atomic E-state index is 0. The molecule has 2 rings (SSSR count). The van der Waals surface area contributed by atoms with Gasteiger partial charge in [0.15, 0.2) is 5.82 Å². The first-order chi connectivity index (χ1) is 9.00. The third-order valence-corrected chi connectivity index (χ3v) is 3.73. The SMILES string of the molecule is CC(C)(C)c1noc(CN2CCCCC2CCN)n1.Cl. The maximum absolute atomic E-state index is 5.70. The van der Waals surface area contributed by atoms with E-state index in [1.165, 1.54) is 19.3 Å². The van der Waals surface area contributed by atoms with Crippen LogP contribution in [0.5, 0.6) is 0 Å². The molecule has 116 valence electrons. The van der Waals surface area contributed by atoms with Gasteiger partial charge < -0.3 is 10.3 Å². The Balaban J connectivity index is 0.00000200. The fourth-order valence-corrected chi connectivity index (χ4v) is 2.58. The molecule has 1 aromatic heterocycles. The number of rotatable bonds is 4. The highest BCUT2D eigenvalue weighted by atomic mass is 35.5. The maximum Gasteiger partial charge on any atom is 0.240 e. The summed E-state index contributed by atoms with van der Waals surface area (Å²) in [4.78, 5) is 6.96. The summed E-state index contributed by atoms with van der Waals surface area (Å²) in [6, 6.07) is 0.573. The molecule has 20 heavy (non-hydrogen) atoms. The summed E-state index contributed by atoms with van der Waals surface area (Å²) in [7, 11) is 0. The van der Waals surface area contributed by atoms with Crippen LogP contribution in [0.1, 0.15) is 58.2 Å². The third-order valence-electron chi connectivity index (χ3n) is 3.73. The minimum atomic E-state index is -0.0552. The average molecular weight is 303 g/mol. The summed E-state index contributed by atoms with van der Waals surface area (Å²) in [5.74, 6) is 1.52. The molecule has 1 aromatic rings. The number of hydrogen-bond donors (Lipinski definition) is 1. The monoisotopic (exact) mass is 302 g/mol. The van der Waals surface area contributed by atoms with Crippen LogP contribution in [0.15, 0.2) is 4.52 Å². The van der Waals surface area contributed by atoms with Gasteiger partial charge in [-0.25, -0.2) is 0 Å². The number of aromatic nitrogens is 2. The predicted molar refractivity (Wildman–Crippen MR) is 82.0 cm³/mol. The van der Waals surface area contributed by atoms with Crippen LogP contribution in [0.25, 0.3) is 0 Å². The number of hydrogen-bond acceptors (Lipinski definition) is 5. The Kier molecular flexibility index (Phi) is 6.43. The zero-order valence-electron chi connectivity index (χ0n) is 12.8. The lowest BCUT2D eigenvalue weighted by atomic mass is 9.96. The molecule has 0 aliphatic carbocycles. The van der Waals surface area contributed by atoms with Gasteiger partial charge >= 0.3 is 0 Å². The lowest BCUT2D eigenvalue weighted by Gasteiger charge is -2.34. The molecular weight excluding hydrogens is 276 g/mol. The van der Waals surface area contributed by atoms with Gasteiger partial charge in [0.25, 0.3) is 0 Å². The van der Waals surface area contributed by atoms with Gasteiger partial charge in [0, 0.05) is 11.5 Å². The molecule has 1 aliphatic heterocycles. The zero-order chi connectivity index (χ0) is 13.9. The second-order valence-electron chi connectivity index (χ2n) is 6.46. The first-order valence-electron chi connectivity index (χ1n) is 7.28. The third kappa shape index (κ3) is 4.43. The Morgan fingerprint density at radius 2 is 2.10 bits per heavy atom. The Hall–Kier alpha value is -0.650. The van der Waals surface area contributed by atoms with E-state index in [4.69, 9.17) is 10.3 Å². The van der Waals surface area contributed by atoms with Crippen LogP contribution < -0.4 is 5.73 Å². The number of halogens is 1. The zero-order valence-corrected chi connectivity index (χ0v) is 13.6. The van der Waals surface area contributed by atoms with Crippen molar-refractivity contribution < 1.29 is 4.52 Å². The highest BCUT2D eigenvalue weighted by Gasteiger charge is 2.25. The van der Waals surface area contributed by atoms with E-state index in [1.807, 2.05) is 0 Å². The average Bonchev–Trinajstić information content (AvgIpc) is 2.80. The van der Waals surface area contributed by atoms with Crippen molar-refractivity contribution in [2.45, 2.75) is 64.5 Å². The Morgan fingerprint density at radius 3 is 2.70 bits per heavy atom. The van der Waals surface area contributed by atoms with Crippen molar-refractivity contribution in [1.82, 2.24) is 15.0 Å².